The molecule has 0 spiro atoms. The van der Waals surface area contributed by atoms with Crippen LogP contribution in [0.3, 0.4) is 0 Å². The summed E-state index contributed by atoms with van der Waals surface area (Å²) in [5, 5.41) is 3.39. The van der Waals surface area contributed by atoms with E-state index < -0.39 is 0 Å². The molecule has 1 saturated heterocycles. The fourth-order valence-corrected chi connectivity index (χ4v) is 2.52. The summed E-state index contributed by atoms with van der Waals surface area (Å²) in [6, 6.07) is 0. The molecular formula is C15H26N4O. The van der Waals surface area contributed by atoms with Crippen molar-refractivity contribution in [3.8, 4) is 0 Å². The maximum absolute atomic E-state index is 12.3. The summed E-state index contributed by atoms with van der Waals surface area (Å²) in [5.41, 5.74) is 1.08. The van der Waals surface area contributed by atoms with E-state index in [1.807, 2.05) is 15.7 Å². The Balaban J connectivity index is 1.85. The molecule has 1 amide bonds. The van der Waals surface area contributed by atoms with Crippen molar-refractivity contribution in [3.05, 3.63) is 18.2 Å². The number of hydrogen-bond donors (Lipinski definition) is 1. The second-order valence-electron chi connectivity index (χ2n) is 5.98. The van der Waals surface area contributed by atoms with Crippen molar-refractivity contribution < 1.29 is 4.79 Å². The Labute approximate surface area is 121 Å². The molecule has 1 N–H and O–H groups in total. The quantitative estimate of drug-likeness (QED) is 0.860. The molecular weight excluding hydrogens is 252 g/mol. The highest BCUT2D eigenvalue weighted by Crippen LogP contribution is 2.10. The summed E-state index contributed by atoms with van der Waals surface area (Å²) in [6.45, 7) is 8.35. The van der Waals surface area contributed by atoms with E-state index in [0.717, 1.165) is 44.7 Å². The van der Waals surface area contributed by atoms with Gasteiger partial charge >= 0.3 is 0 Å². The summed E-state index contributed by atoms with van der Waals surface area (Å²) in [5.74, 6) is 0.842. The monoisotopic (exact) mass is 278 g/mol. The van der Waals surface area contributed by atoms with Crippen molar-refractivity contribution in [1.82, 2.24) is 19.8 Å². The van der Waals surface area contributed by atoms with E-state index in [4.69, 9.17) is 0 Å². The molecule has 20 heavy (non-hydrogen) atoms. The Bertz CT molecular complexity index is 421. The lowest BCUT2D eigenvalue weighted by atomic mass is 10.1. The molecule has 0 saturated carbocycles. The van der Waals surface area contributed by atoms with Crippen LogP contribution in [-0.2, 0) is 17.9 Å². The minimum Gasteiger partial charge on any atom is -0.341 e. The largest absolute Gasteiger partial charge is 0.341 e. The summed E-state index contributed by atoms with van der Waals surface area (Å²) in [6.07, 6.45) is 7.13. The Morgan fingerprint density at radius 1 is 1.35 bits per heavy atom. The number of hydrogen-bond acceptors (Lipinski definition) is 3. The van der Waals surface area contributed by atoms with E-state index in [-0.39, 0.29) is 5.91 Å². The number of nitrogens with zero attached hydrogens (tertiary/aromatic N) is 3. The highest BCUT2D eigenvalue weighted by atomic mass is 16.2. The van der Waals surface area contributed by atoms with E-state index in [1.54, 1.807) is 6.33 Å². The first kappa shape index (κ1) is 15.0. The summed E-state index contributed by atoms with van der Waals surface area (Å²) in [7, 11) is 0. The minimum absolute atomic E-state index is 0.216. The number of carbonyl (C=O) groups is 1. The van der Waals surface area contributed by atoms with Crippen molar-refractivity contribution in [2.75, 3.05) is 19.6 Å². The maximum Gasteiger partial charge on any atom is 0.242 e. The minimum atomic E-state index is 0.216. The molecule has 5 heteroatoms. The van der Waals surface area contributed by atoms with E-state index in [1.165, 1.54) is 6.42 Å². The standard InChI is InChI=1S/C15H26N4O/c1-13(2)8-16-9-14-10-17-12-19(14)11-15(20)18-6-4-3-5-7-18/h10,12-13,16H,3-9,11H2,1-2H3. The molecule has 1 aliphatic rings. The number of aromatic nitrogens is 2. The average Bonchev–Trinajstić information content (AvgIpc) is 2.87. The molecule has 0 unspecified atom stereocenters. The van der Waals surface area contributed by atoms with E-state index in [0.29, 0.717) is 12.5 Å². The highest BCUT2D eigenvalue weighted by molar-refractivity contribution is 5.76. The summed E-state index contributed by atoms with van der Waals surface area (Å²) < 4.78 is 1.96. The lowest BCUT2D eigenvalue weighted by Gasteiger charge is -2.27. The van der Waals surface area contributed by atoms with Gasteiger partial charge < -0.3 is 14.8 Å². The van der Waals surface area contributed by atoms with Gasteiger partial charge in [0.1, 0.15) is 6.54 Å². The Kier molecular flexibility index (Phi) is 5.59. The molecule has 1 aliphatic heterocycles. The first-order valence-electron chi connectivity index (χ1n) is 7.64. The van der Waals surface area contributed by atoms with Crippen LogP contribution in [0.4, 0.5) is 0 Å². The Hall–Kier alpha value is -1.36. The molecule has 0 bridgehead atoms. The average molecular weight is 278 g/mol. The van der Waals surface area contributed by atoms with Crippen LogP contribution in [0.2, 0.25) is 0 Å². The summed E-state index contributed by atoms with van der Waals surface area (Å²) >= 11 is 0. The number of carbonyl (C=O) groups excluding carboxylic acids is 1. The van der Waals surface area contributed by atoms with Gasteiger partial charge in [0.25, 0.3) is 0 Å². The van der Waals surface area contributed by atoms with Crippen LogP contribution in [0.1, 0.15) is 38.8 Å². The third-order valence-electron chi connectivity index (χ3n) is 3.67. The van der Waals surface area contributed by atoms with Gasteiger partial charge in [0.05, 0.1) is 12.0 Å². The Morgan fingerprint density at radius 2 is 2.10 bits per heavy atom. The molecule has 2 rings (SSSR count). The van der Waals surface area contributed by atoms with Crippen LogP contribution in [-0.4, -0.2) is 40.0 Å². The van der Waals surface area contributed by atoms with Crippen LogP contribution >= 0.6 is 0 Å². The molecule has 0 aliphatic carbocycles. The van der Waals surface area contributed by atoms with Crippen LogP contribution in [0.25, 0.3) is 0 Å². The second-order valence-corrected chi connectivity index (χ2v) is 5.98. The first-order valence-corrected chi connectivity index (χ1v) is 7.64. The fraction of sp³-hybridized carbons (Fsp3) is 0.733. The number of rotatable bonds is 6. The van der Waals surface area contributed by atoms with Crippen LogP contribution in [0.15, 0.2) is 12.5 Å². The molecule has 0 radical (unpaired) electrons. The van der Waals surface area contributed by atoms with Crippen molar-refractivity contribution in [2.24, 2.45) is 5.92 Å². The zero-order valence-electron chi connectivity index (χ0n) is 12.6. The van der Waals surface area contributed by atoms with E-state index in [2.05, 4.69) is 24.1 Å². The van der Waals surface area contributed by atoms with E-state index >= 15 is 0 Å². The number of likely N-dealkylation sites (tertiary alicyclic amines) is 1. The van der Waals surface area contributed by atoms with Crippen LogP contribution < -0.4 is 5.32 Å². The zero-order valence-corrected chi connectivity index (χ0v) is 12.6. The molecule has 1 fully saturated rings. The van der Waals surface area contributed by atoms with Gasteiger partial charge in [0.2, 0.25) is 5.91 Å². The van der Waals surface area contributed by atoms with Gasteiger partial charge in [0.15, 0.2) is 0 Å². The lowest BCUT2D eigenvalue weighted by Crippen LogP contribution is -2.38. The number of piperidine rings is 1. The predicted molar refractivity (Wildman–Crippen MR) is 79.2 cm³/mol. The Morgan fingerprint density at radius 3 is 2.80 bits per heavy atom. The highest BCUT2D eigenvalue weighted by Gasteiger charge is 2.17. The normalized spacial score (nSPS) is 15.8. The smallest absolute Gasteiger partial charge is 0.242 e. The molecule has 0 atom stereocenters. The van der Waals surface area contributed by atoms with Gasteiger partial charge in [-0.05, 0) is 31.7 Å². The van der Waals surface area contributed by atoms with Crippen molar-refractivity contribution in [3.63, 3.8) is 0 Å². The molecule has 2 heterocycles. The van der Waals surface area contributed by atoms with Gasteiger partial charge in [-0.25, -0.2) is 4.98 Å². The van der Waals surface area contributed by atoms with E-state index in [9.17, 15) is 4.79 Å². The summed E-state index contributed by atoms with van der Waals surface area (Å²) in [4.78, 5) is 18.4. The van der Waals surface area contributed by atoms with Crippen LogP contribution in [0, 0.1) is 5.92 Å². The van der Waals surface area contributed by atoms with Crippen molar-refractivity contribution in [1.29, 1.82) is 0 Å². The predicted octanol–water partition coefficient (Wildman–Crippen LogP) is 1.64. The zero-order chi connectivity index (χ0) is 14.4. The van der Waals surface area contributed by atoms with Gasteiger partial charge in [-0.1, -0.05) is 13.8 Å². The molecule has 0 aromatic carbocycles. The molecule has 112 valence electrons. The van der Waals surface area contributed by atoms with Gasteiger partial charge in [-0.3, -0.25) is 4.79 Å². The first-order chi connectivity index (χ1) is 9.66. The van der Waals surface area contributed by atoms with Gasteiger partial charge in [-0.2, -0.15) is 0 Å². The maximum atomic E-state index is 12.3. The van der Waals surface area contributed by atoms with Crippen LogP contribution in [0.5, 0.6) is 0 Å². The second kappa shape index (κ2) is 7.43. The van der Waals surface area contributed by atoms with Crippen molar-refractivity contribution >= 4 is 5.91 Å². The molecule has 5 nitrogen and oxygen atoms in total. The SMILES string of the molecule is CC(C)CNCc1cncn1CC(=O)N1CCCCC1. The van der Waals surface area contributed by atoms with Gasteiger partial charge in [-0.15, -0.1) is 0 Å². The lowest BCUT2D eigenvalue weighted by molar-refractivity contribution is -0.132. The fourth-order valence-electron chi connectivity index (χ4n) is 2.52. The topological polar surface area (TPSA) is 50.2 Å². The molecule has 1 aromatic rings. The third-order valence-corrected chi connectivity index (χ3v) is 3.67. The third kappa shape index (κ3) is 4.34. The van der Waals surface area contributed by atoms with Gasteiger partial charge in [0, 0.05) is 25.8 Å². The molecule has 1 aromatic heterocycles. The number of imidazole rings is 1. The number of amides is 1. The van der Waals surface area contributed by atoms with Crippen molar-refractivity contribution in [2.45, 2.75) is 46.2 Å². The number of nitrogens with one attached hydrogen (secondary N) is 1.